The van der Waals surface area contributed by atoms with E-state index in [1.807, 2.05) is 16.8 Å². The quantitative estimate of drug-likeness (QED) is 0.636. The van der Waals surface area contributed by atoms with Gasteiger partial charge in [0, 0.05) is 6.54 Å². The van der Waals surface area contributed by atoms with Crippen LogP contribution in [0.2, 0.25) is 0 Å². The SMILES string of the molecule is COc1ccc(CN2C(=O)c3ccccc3C2=O)cc1C(=O)NCc1ccsc1. The van der Waals surface area contributed by atoms with Crippen LogP contribution in [-0.4, -0.2) is 29.7 Å². The first-order valence-electron chi connectivity index (χ1n) is 9.00. The van der Waals surface area contributed by atoms with Gasteiger partial charge in [0.1, 0.15) is 5.75 Å². The van der Waals surface area contributed by atoms with Crippen LogP contribution in [0.4, 0.5) is 0 Å². The van der Waals surface area contributed by atoms with Crippen molar-refractivity contribution in [3.05, 3.63) is 87.1 Å². The number of rotatable bonds is 6. The van der Waals surface area contributed by atoms with Gasteiger partial charge in [-0.1, -0.05) is 18.2 Å². The summed E-state index contributed by atoms with van der Waals surface area (Å²) in [6, 6.07) is 13.8. The van der Waals surface area contributed by atoms with E-state index in [-0.39, 0.29) is 24.3 Å². The maximum Gasteiger partial charge on any atom is 0.261 e. The van der Waals surface area contributed by atoms with Crippen molar-refractivity contribution in [3.63, 3.8) is 0 Å². The smallest absolute Gasteiger partial charge is 0.261 e. The molecule has 0 saturated heterocycles. The van der Waals surface area contributed by atoms with Crippen molar-refractivity contribution in [2.75, 3.05) is 7.11 Å². The lowest BCUT2D eigenvalue weighted by Gasteiger charge is -2.16. The van der Waals surface area contributed by atoms with Crippen LogP contribution in [0.5, 0.6) is 5.75 Å². The van der Waals surface area contributed by atoms with Crippen LogP contribution >= 0.6 is 11.3 Å². The second-order valence-electron chi connectivity index (χ2n) is 6.59. The molecule has 146 valence electrons. The number of nitrogens with one attached hydrogen (secondary N) is 1. The fourth-order valence-corrected chi connectivity index (χ4v) is 3.94. The van der Waals surface area contributed by atoms with E-state index in [1.54, 1.807) is 53.8 Å². The minimum atomic E-state index is -0.329. The lowest BCUT2D eigenvalue weighted by atomic mass is 10.1. The van der Waals surface area contributed by atoms with E-state index in [0.717, 1.165) is 5.56 Å². The number of nitrogens with zero attached hydrogens (tertiary/aromatic N) is 1. The minimum Gasteiger partial charge on any atom is -0.496 e. The Labute approximate surface area is 171 Å². The van der Waals surface area contributed by atoms with Crippen molar-refractivity contribution < 1.29 is 19.1 Å². The monoisotopic (exact) mass is 406 g/mol. The highest BCUT2D eigenvalue weighted by Gasteiger charge is 2.35. The van der Waals surface area contributed by atoms with E-state index in [2.05, 4.69) is 5.32 Å². The average Bonchev–Trinajstić information content (AvgIpc) is 3.35. The molecule has 3 amide bonds. The molecule has 0 aliphatic carbocycles. The predicted octanol–water partition coefficient (Wildman–Crippen LogP) is 3.48. The molecule has 29 heavy (non-hydrogen) atoms. The first kappa shape index (κ1) is 18.9. The fourth-order valence-electron chi connectivity index (χ4n) is 3.27. The number of ether oxygens (including phenoxy) is 1. The normalized spacial score (nSPS) is 12.8. The van der Waals surface area contributed by atoms with Gasteiger partial charge >= 0.3 is 0 Å². The van der Waals surface area contributed by atoms with Gasteiger partial charge in [0.25, 0.3) is 17.7 Å². The van der Waals surface area contributed by atoms with Crippen LogP contribution in [0.25, 0.3) is 0 Å². The molecule has 2 aromatic carbocycles. The molecule has 0 bridgehead atoms. The Morgan fingerprint density at radius 1 is 1.03 bits per heavy atom. The Bertz CT molecular complexity index is 1060. The summed E-state index contributed by atoms with van der Waals surface area (Å²) in [5, 5.41) is 6.79. The standard InChI is InChI=1S/C22H18N2O4S/c1-28-19-7-6-14(10-18(19)20(25)23-11-15-8-9-29-13-15)12-24-21(26)16-4-2-3-5-17(16)22(24)27/h2-10,13H,11-12H2,1H3,(H,23,25). The maximum absolute atomic E-state index is 12.7. The van der Waals surface area contributed by atoms with Crippen molar-refractivity contribution in [3.8, 4) is 5.75 Å². The number of carbonyl (C=O) groups is 3. The lowest BCUT2D eigenvalue weighted by Crippen LogP contribution is -2.29. The summed E-state index contributed by atoms with van der Waals surface area (Å²) in [6.07, 6.45) is 0. The molecule has 0 unspecified atom stereocenters. The number of thiophene rings is 1. The summed E-state index contributed by atoms with van der Waals surface area (Å²) in [5.74, 6) is -0.508. The lowest BCUT2D eigenvalue weighted by molar-refractivity contribution is 0.0642. The summed E-state index contributed by atoms with van der Waals surface area (Å²) in [6.45, 7) is 0.495. The average molecular weight is 406 g/mol. The number of benzene rings is 2. The molecule has 7 heteroatoms. The Hall–Kier alpha value is -3.45. The molecule has 0 fully saturated rings. The number of hydrogen-bond donors (Lipinski definition) is 1. The Morgan fingerprint density at radius 2 is 1.76 bits per heavy atom. The molecule has 0 atom stereocenters. The minimum absolute atomic E-state index is 0.0845. The van der Waals surface area contributed by atoms with Crippen molar-refractivity contribution in [1.29, 1.82) is 0 Å². The van der Waals surface area contributed by atoms with Gasteiger partial charge in [-0.15, -0.1) is 0 Å². The third kappa shape index (κ3) is 3.64. The first-order chi connectivity index (χ1) is 14.1. The number of methoxy groups -OCH3 is 1. The Balaban J connectivity index is 1.55. The largest absolute Gasteiger partial charge is 0.496 e. The van der Waals surface area contributed by atoms with Gasteiger partial charge in [-0.2, -0.15) is 11.3 Å². The van der Waals surface area contributed by atoms with Crippen LogP contribution in [0.3, 0.4) is 0 Å². The summed E-state index contributed by atoms with van der Waals surface area (Å²) >= 11 is 1.56. The summed E-state index contributed by atoms with van der Waals surface area (Å²) in [7, 11) is 1.49. The summed E-state index contributed by atoms with van der Waals surface area (Å²) < 4.78 is 5.32. The molecule has 3 aromatic rings. The van der Waals surface area contributed by atoms with Gasteiger partial charge in [-0.25, -0.2) is 0 Å². The molecule has 1 aliphatic rings. The van der Waals surface area contributed by atoms with Gasteiger partial charge in [0.15, 0.2) is 0 Å². The molecule has 0 spiro atoms. The van der Waals surface area contributed by atoms with E-state index in [1.165, 1.54) is 12.0 Å². The van der Waals surface area contributed by atoms with E-state index >= 15 is 0 Å². The van der Waals surface area contributed by atoms with E-state index in [0.29, 0.717) is 34.5 Å². The first-order valence-corrected chi connectivity index (χ1v) is 9.94. The van der Waals surface area contributed by atoms with Gasteiger partial charge in [-0.3, -0.25) is 19.3 Å². The highest BCUT2D eigenvalue weighted by Crippen LogP contribution is 2.26. The molecule has 1 aliphatic heterocycles. The molecule has 0 saturated carbocycles. The second-order valence-corrected chi connectivity index (χ2v) is 7.37. The number of carbonyl (C=O) groups excluding carboxylic acids is 3. The zero-order valence-electron chi connectivity index (χ0n) is 15.7. The molecule has 4 rings (SSSR count). The Morgan fingerprint density at radius 3 is 2.38 bits per heavy atom. The van der Waals surface area contributed by atoms with Gasteiger partial charge in [-0.05, 0) is 52.2 Å². The number of imide groups is 1. The molecule has 0 radical (unpaired) electrons. The summed E-state index contributed by atoms with van der Waals surface area (Å²) in [4.78, 5) is 39.1. The molecular weight excluding hydrogens is 388 g/mol. The van der Waals surface area contributed by atoms with Crippen LogP contribution in [0.15, 0.2) is 59.3 Å². The third-order valence-corrected chi connectivity index (χ3v) is 5.49. The van der Waals surface area contributed by atoms with Crippen LogP contribution in [0, 0.1) is 0 Å². The fraction of sp³-hybridized carbons (Fsp3) is 0.136. The summed E-state index contributed by atoms with van der Waals surface area (Å²) in [5.41, 5.74) is 2.85. The maximum atomic E-state index is 12.7. The van der Waals surface area contributed by atoms with Gasteiger partial charge in [0.2, 0.25) is 0 Å². The molecule has 1 N–H and O–H groups in total. The van der Waals surface area contributed by atoms with Crippen LogP contribution in [-0.2, 0) is 13.1 Å². The second kappa shape index (κ2) is 7.89. The molecule has 6 nitrogen and oxygen atoms in total. The predicted molar refractivity (Wildman–Crippen MR) is 109 cm³/mol. The highest BCUT2D eigenvalue weighted by molar-refractivity contribution is 7.07. The molecule has 2 heterocycles. The zero-order chi connectivity index (χ0) is 20.4. The molecular formula is C22H18N2O4S. The van der Waals surface area contributed by atoms with Gasteiger partial charge in [0.05, 0.1) is 30.3 Å². The number of hydrogen-bond acceptors (Lipinski definition) is 5. The van der Waals surface area contributed by atoms with E-state index in [9.17, 15) is 14.4 Å². The highest BCUT2D eigenvalue weighted by atomic mass is 32.1. The topological polar surface area (TPSA) is 75.7 Å². The van der Waals surface area contributed by atoms with Crippen molar-refractivity contribution in [2.45, 2.75) is 13.1 Å². The number of amides is 3. The van der Waals surface area contributed by atoms with Crippen LogP contribution < -0.4 is 10.1 Å². The van der Waals surface area contributed by atoms with E-state index < -0.39 is 0 Å². The zero-order valence-corrected chi connectivity index (χ0v) is 16.5. The third-order valence-electron chi connectivity index (χ3n) is 4.76. The number of fused-ring (bicyclic) bond motifs is 1. The van der Waals surface area contributed by atoms with Crippen molar-refractivity contribution >= 4 is 29.1 Å². The van der Waals surface area contributed by atoms with E-state index in [4.69, 9.17) is 4.74 Å². The van der Waals surface area contributed by atoms with Crippen molar-refractivity contribution in [2.24, 2.45) is 0 Å². The molecule has 1 aromatic heterocycles. The van der Waals surface area contributed by atoms with Gasteiger partial charge < -0.3 is 10.1 Å². The van der Waals surface area contributed by atoms with Crippen LogP contribution in [0.1, 0.15) is 42.2 Å². The Kier molecular flexibility index (Phi) is 5.14. The van der Waals surface area contributed by atoms with Crippen molar-refractivity contribution in [1.82, 2.24) is 10.2 Å².